The molecule has 3 nitrogen and oxygen atoms in total. The maximum absolute atomic E-state index is 11.3. The summed E-state index contributed by atoms with van der Waals surface area (Å²) in [6.45, 7) is 4.08. The standard InChI is InChI=1S/C12H18ClNO2S/c1-3-17(15,16)9-8-14-10(2)11-6-4-5-7-12(11)13/h4-7,10,14H,3,8-9H2,1-2H3/t10-/m0/s1. The number of nitrogens with one attached hydrogen (secondary N) is 1. The Labute approximate surface area is 108 Å². The maximum Gasteiger partial charge on any atom is 0.151 e. The van der Waals surface area contributed by atoms with Crippen molar-refractivity contribution in [2.45, 2.75) is 19.9 Å². The Bertz CT molecular complexity index is 459. The number of hydrogen-bond acceptors (Lipinski definition) is 3. The Morgan fingerprint density at radius 1 is 1.35 bits per heavy atom. The summed E-state index contributed by atoms with van der Waals surface area (Å²) in [6.07, 6.45) is 0. The van der Waals surface area contributed by atoms with Crippen molar-refractivity contribution in [3.05, 3.63) is 34.9 Å². The summed E-state index contributed by atoms with van der Waals surface area (Å²) in [5.41, 5.74) is 0.989. The second-order valence-corrected chi connectivity index (χ2v) is 6.81. The first-order chi connectivity index (χ1) is 7.96. The largest absolute Gasteiger partial charge is 0.309 e. The van der Waals surface area contributed by atoms with Gasteiger partial charge in [0.05, 0.1) is 5.75 Å². The van der Waals surface area contributed by atoms with Crippen molar-refractivity contribution in [2.75, 3.05) is 18.1 Å². The van der Waals surface area contributed by atoms with E-state index in [4.69, 9.17) is 11.6 Å². The highest BCUT2D eigenvalue weighted by molar-refractivity contribution is 7.91. The minimum atomic E-state index is -2.90. The number of sulfone groups is 1. The molecule has 0 fully saturated rings. The number of rotatable bonds is 6. The first kappa shape index (κ1) is 14.5. The van der Waals surface area contributed by atoms with Crippen LogP contribution < -0.4 is 5.32 Å². The summed E-state index contributed by atoms with van der Waals surface area (Å²) in [5.74, 6) is 0.355. The Morgan fingerprint density at radius 2 is 2.00 bits per heavy atom. The van der Waals surface area contributed by atoms with Crippen molar-refractivity contribution in [3.63, 3.8) is 0 Å². The van der Waals surface area contributed by atoms with Gasteiger partial charge in [-0.15, -0.1) is 0 Å². The van der Waals surface area contributed by atoms with Gasteiger partial charge in [-0.2, -0.15) is 0 Å². The van der Waals surface area contributed by atoms with Crippen LogP contribution in [0.15, 0.2) is 24.3 Å². The van der Waals surface area contributed by atoms with E-state index in [-0.39, 0.29) is 17.5 Å². The fraction of sp³-hybridized carbons (Fsp3) is 0.500. The zero-order chi connectivity index (χ0) is 12.9. The predicted molar refractivity (Wildman–Crippen MR) is 72.2 cm³/mol. The van der Waals surface area contributed by atoms with Crippen molar-refractivity contribution in [1.82, 2.24) is 5.32 Å². The summed E-state index contributed by atoms with van der Waals surface area (Å²) in [7, 11) is -2.90. The van der Waals surface area contributed by atoms with Crippen LogP contribution >= 0.6 is 11.6 Å². The first-order valence-electron chi connectivity index (χ1n) is 5.64. The Kier molecular flexibility index (Phi) is 5.43. The zero-order valence-corrected chi connectivity index (χ0v) is 11.7. The van der Waals surface area contributed by atoms with Crippen LogP contribution in [0.3, 0.4) is 0 Å². The average molecular weight is 276 g/mol. The molecule has 1 aromatic rings. The molecule has 0 bridgehead atoms. The molecule has 1 aromatic carbocycles. The highest BCUT2D eigenvalue weighted by Crippen LogP contribution is 2.21. The van der Waals surface area contributed by atoms with Gasteiger partial charge in [0.25, 0.3) is 0 Å². The van der Waals surface area contributed by atoms with Crippen LogP contribution in [-0.4, -0.2) is 26.5 Å². The molecule has 0 aromatic heterocycles. The molecule has 0 amide bonds. The molecule has 0 saturated heterocycles. The van der Waals surface area contributed by atoms with Crippen molar-refractivity contribution in [2.24, 2.45) is 0 Å². The molecule has 1 rings (SSSR count). The van der Waals surface area contributed by atoms with E-state index in [2.05, 4.69) is 5.32 Å². The lowest BCUT2D eigenvalue weighted by molar-refractivity contribution is 0.573. The van der Waals surface area contributed by atoms with Gasteiger partial charge in [-0.3, -0.25) is 0 Å². The third-order valence-corrected chi connectivity index (χ3v) is 4.73. The highest BCUT2D eigenvalue weighted by Gasteiger charge is 2.11. The molecule has 0 aliphatic carbocycles. The second kappa shape index (κ2) is 6.38. The minimum Gasteiger partial charge on any atom is -0.309 e. The molecule has 17 heavy (non-hydrogen) atoms. The molecule has 0 unspecified atom stereocenters. The minimum absolute atomic E-state index is 0.0516. The van der Waals surface area contributed by atoms with Gasteiger partial charge in [-0.1, -0.05) is 36.7 Å². The lowest BCUT2D eigenvalue weighted by atomic mass is 10.1. The van der Waals surface area contributed by atoms with Crippen molar-refractivity contribution in [3.8, 4) is 0 Å². The fourth-order valence-electron chi connectivity index (χ4n) is 1.51. The third kappa shape index (κ3) is 4.66. The molecular weight excluding hydrogens is 258 g/mol. The summed E-state index contributed by atoms with van der Waals surface area (Å²) in [4.78, 5) is 0. The quantitative estimate of drug-likeness (QED) is 0.867. The smallest absolute Gasteiger partial charge is 0.151 e. The number of benzene rings is 1. The SMILES string of the molecule is CCS(=O)(=O)CCN[C@@H](C)c1ccccc1Cl. The molecule has 1 N–H and O–H groups in total. The summed E-state index contributed by atoms with van der Waals surface area (Å²) < 4.78 is 22.6. The third-order valence-electron chi connectivity index (χ3n) is 2.68. The lowest BCUT2D eigenvalue weighted by Gasteiger charge is -2.15. The molecular formula is C12H18ClNO2S. The Balaban J connectivity index is 2.51. The van der Waals surface area contributed by atoms with Crippen LogP contribution in [0.1, 0.15) is 25.5 Å². The Hall–Kier alpha value is -0.580. The molecule has 0 aliphatic rings. The molecule has 0 spiro atoms. The topological polar surface area (TPSA) is 46.2 Å². The summed E-state index contributed by atoms with van der Waals surface area (Å²) in [6, 6.07) is 7.62. The Morgan fingerprint density at radius 3 is 2.59 bits per heavy atom. The lowest BCUT2D eigenvalue weighted by Crippen LogP contribution is -2.26. The number of halogens is 1. The van der Waals surface area contributed by atoms with E-state index < -0.39 is 9.84 Å². The molecule has 96 valence electrons. The summed E-state index contributed by atoms with van der Waals surface area (Å²) in [5, 5.41) is 3.87. The molecule has 0 radical (unpaired) electrons. The van der Waals surface area contributed by atoms with E-state index in [1.54, 1.807) is 6.92 Å². The van der Waals surface area contributed by atoms with E-state index in [0.717, 1.165) is 5.56 Å². The van der Waals surface area contributed by atoms with Crippen LogP contribution in [0.2, 0.25) is 5.02 Å². The van der Waals surface area contributed by atoms with Gasteiger partial charge in [0, 0.05) is 23.4 Å². The molecule has 5 heteroatoms. The van der Waals surface area contributed by atoms with Crippen molar-refractivity contribution >= 4 is 21.4 Å². The van der Waals surface area contributed by atoms with Crippen LogP contribution in [0.5, 0.6) is 0 Å². The van der Waals surface area contributed by atoms with E-state index >= 15 is 0 Å². The van der Waals surface area contributed by atoms with Crippen molar-refractivity contribution in [1.29, 1.82) is 0 Å². The fourth-order valence-corrected chi connectivity index (χ4v) is 2.53. The van der Waals surface area contributed by atoms with Crippen LogP contribution in [0, 0.1) is 0 Å². The molecule has 0 aliphatic heterocycles. The van der Waals surface area contributed by atoms with Gasteiger partial charge in [0.2, 0.25) is 0 Å². The molecule has 0 saturated carbocycles. The van der Waals surface area contributed by atoms with Gasteiger partial charge in [0.1, 0.15) is 0 Å². The molecule has 1 atom stereocenters. The van der Waals surface area contributed by atoms with E-state index in [1.807, 2.05) is 31.2 Å². The van der Waals surface area contributed by atoms with Gasteiger partial charge in [0.15, 0.2) is 9.84 Å². The zero-order valence-electron chi connectivity index (χ0n) is 10.1. The van der Waals surface area contributed by atoms with Crippen molar-refractivity contribution < 1.29 is 8.42 Å². The molecule has 0 heterocycles. The second-order valence-electron chi connectivity index (χ2n) is 3.93. The highest BCUT2D eigenvalue weighted by atomic mass is 35.5. The normalized spacial score (nSPS) is 13.6. The predicted octanol–water partition coefficient (Wildman–Crippen LogP) is 2.43. The van der Waals surface area contributed by atoms with E-state index in [0.29, 0.717) is 11.6 Å². The maximum atomic E-state index is 11.3. The monoisotopic (exact) mass is 275 g/mol. The van der Waals surface area contributed by atoms with Gasteiger partial charge >= 0.3 is 0 Å². The van der Waals surface area contributed by atoms with Crippen LogP contribution in [0.4, 0.5) is 0 Å². The van der Waals surface area contributed by atoms with Crippen LogP contribution in [0.25, 0.3) is 0 Å². The summed E-state index contributed by atoms with van der Waals surface area (Å²) >= 11 is 6.06. The van der Waals surface area contributed by atoms with Gasteiger partial charge in [-0.05, 0) is 18.6 Å². The van der Waals surface area contributed by atoms with Gasteiger partial charge in [-0.25, -0.2) is 8.42 Å². The van der Waals surface area contributed by atoms with E-state index in [1.165, 1.54) is 0 Å². The van der Waals surface area contributed by atoms with Gasteiger partial charge < -0.3 is 5.32 Å². The van der Waals surface area contributed by atoms with Crippen LogP contribution in [-0.2, 0) is 9.84 Å². The number of hydrogen-bond donors (Lipinski definition) is 1. The van der Waals surface area contributed by atoms with E-state index in [9.17, 15) is 8.42 Å². The average Bonchev–Trinajstić information content (AvgIpc) is 2.29. The first-order valence-corrected chi connectivity index (χ1v) is 7.84.